The monoisotopic (exact) mass is 388 g/mol. The third-order valence-corrected chi connectivity index (χ3v) is 5.03. The van der Waals surface area contributed by atoms with Gasteiger partial charge in [0.25, 0.3) is 5.91 Å². The van der Waals surface area contributed by atoms with Crippen molar-refractivity contribution in [3.63, 3.8) is 0 Å². The standard InChI is InChI=1S/C21H17FN6O/c22-14-8-10-15(11-9-14)28-18-7-3-4-16(18)20(26-28)21(29)25-17-5-1-2-6-19(17)27-13-23-12-24-27/h1-2,5-6,8-13H,3-4,7H2,(H,25,29). The van der Waals surface area contributed by atoms with E-state index in [1.165, 1.54) is 18.5 Å². The SMILES string of the molecule is O=C(Nc1ccccc1-n1cncn1)c1nn(-c2ccc(F)cc2)c2c1CCC2. The molecule has 0 unspecified atom stereocenters. The van der Waals surface area contributed by atoms with E-state index in [-0.39, 0.29) is 11.7 Å². The molecule has 29 heavy (non-hydrogen) atoms. The van der Waals surface area contributed by atoms with Crippen molar-refractivity contribution in [1.82, 2.24) is 24.5 Å². The number of rotatable bonds is 4. The van der Waals surface area contributed by atoms with Crippen molar-refractivity contribution in [3.8, 4) is 11.4 Å². The fraction of sp³-hybridized carbons (Fsp3) is 0.143. The smallest absolute Gasteiger partial charge is 0.276 e. The number of hydrogen-bond donors (Lipinski definition) is 1. The average Bonchev–Trinajstić information content (AvgIpc) is 3.47. The number of nitrogens with zero attached hydrogens (tertiary/aromatic N) is 5. The van der Waals surface area contributed by atoms with Crippen LogP contribution >= 0.6 is 0 Å². The van der Waals surface area contributed by atoms with Gasteiger partial charge in [-0.1, -0.05) is 12.1 Å². The molecule has 4 aromatic rings. The van der Waals surface area contributed by atoms with Crippen LogP contribution in [0.2, 0.25) is 0 Å². The maximum atomic E-state index is 13.3. The fourth-order valence-corrected chi connectivity index (χ4v) is 3.71. The number of hydrogen-bond acceptors (Lipinski definition) is 4. The van der Waals surface area contributed by atoms with Crippen LogP contribution in [0.25, 0.3) is 11.4 Å². The average molecular weight is 388 g/mol. The molecule has 7 nitrogen and oxygen atoms in total. The zero-order valence-corrected chi connectivity index (χ0v) is 15.4. The predicted molar refractivity (Wildman–Crippen MR) is 105 cm³/mol. The summed E-state index contributed by atoms with van der Waals surface area (Å²) in [6, 6.07) is 13.5. The van der Waals surface area contributed by atoms with Gasteiger partial charge in [0.15, 0.2) is 5.69 Å². The van der Waals surface area contributed by atoms with Crippen molar-refractivity contribution in [1.29, 1.82) is 0 Å². The van der Waals surface area contributed by atoms with E-state index in [9.17, 15) is 9.18 Å². The largest absolute Gasteiger partial charge is 0.319 e. The Hall–Kier alpha value is -3.81. The van der Waals surface area contributed by atoms with Gasteiger partial charge in [-0.15, -0.1) is 0 Å². The van der Waals surface area contributed by atoms with Crippen LogP contribution in [-0.2, 0) is 12.8 Å². The van der Waals surface area contributed by atoms with Crippen LogP contribution in [0.5, 0.6) is 0 Å². The molecule has 144 valence electrons. The quantitative estimate of drug-likeness (QED) is 0.582. The molecule has 0 radical (unpaired) electrons. The van der Waals surface area contributed by atoms with E-state index in [0.29, 0.717) is 17.1 Å². The van der Waals surface area contributed by atoms with E-state index in [1.54, 1.807) is 27.8 Å². The maximum Gasteiger partial charge on any atom is 0.276 e. The summed E-state index contributed by atoms with van der Waals surface area (Å²) in [6.45, 7) is 0. The number of fused-ring (bicyclic) bond motifs is 1. The highest BCUT2D eigenvalue weighted by atomic mass is 19.1. The first-order valence-electron chi connectivity index (χ1n) is 9.33. The molecule has 1 amide bonds. The Balaban J connectivity index is 1.51. The van der Waals surface area contributed by atoms with Crippen molar-refractivity contribution in [3.05, 3.63) is 84.0 Å². The Labute approximate surface area is 165 Å². The number of carbonyl (C=O) groups excluding carboxylic acids is 1. The molecule has 2 heterocycles. The molecule has 0 saturated heterocycles. The van der Waals surface area contributed by atoms with Crippen LogP contribution in [-0.4, -0.2) is 30.5 Å². The summed E-state index contributed by atoms with van der Waals surface area (Å²) in [4.78, 5) is 17.1. The van der Waals surface area contributed by atoms with Crippen molar-refractivity contribution >= 4 is 11.6 Å². The predicted octanol–water partition coefficient (Wildman–Crippen LogP) is 3.33. The van der Waals surface area contributed by atoms with Gasteiger partial charge in [0.1, 0.15) is 18.5 Å². The number of para-hydroxylation sites is 2. The summed E-state index contributed by atoms with van der Waals surface area (Å²) in [5, 5.41) is 11.7. The summed E-state index contributed by atoms with van der Waals surface area (Å²) in [5.41, 5.74) is 4.43. The Kier molecular flexibility index (Phi) is 4.16. The van der Waals surface area contributed by atoms with Gasteiger partial charge in [0, 0.05) is 11.3 Å². The second-order valence-electron chi connectivity index (χ2n) is 6.83. The molecule has 1 aliphatic carbocycles. The fourth-order valence-electron chi connectivity index (χ4n) is 3.71. The first-order valence-corrected chi connectivity index (χ1v) is 9.33. The first kappa shape index (κ1) is 17.3. The summed E-state index contributed by atoms with van der Waals surface area (Å²) >= 11 is 0. The summed E-state index contributed by atoms with van der Waals surface area (Å²) in [5.74, 6) is -0.586. The van der Waals surface area contributed by atoms with Crippen LogP contribution in [0.3, 0.4) is 0 Å². The van der Waals surface area contributed by atoms with Crippen LogP contribution in [0, 0.1) is 5.82 Å². The lowest BCUT2D eigenvalue weighted by Gasteiger charge is -2.10. The highest BCUT2D eigenvalue weighted by Crippen LogP contribution is 2.29. The second kappa shape index (κ2) is 6.97. The molecule has 0 bridgehead atoms. The van der Waals surface area contributed by atoms with Gasteiger partial charge in [-0.25, -0.2) is 18.7 Å². The van der Waals surface area contributed by atoms with Crippen molar-refractivity contribution in [2.24, 2.45) is 0 Å². The van der Waals surface area contributed by atoms with Gasteiger partial charge in [-0.3, -0.25) is 4.79 Å². The van der Waals surface area contributed by atoms with Gasteiger partial charge >= 0.3 is 0 Å². The van der Waals surface area contributed by atoms with Gasteiger partial charge in [0.2, 0.25) is 0 Å². The molecule has 8 heteroatoms. The van der Waals surface area contributed by atoms with Gasteiger partial charge < -0.3 is 5.32 Å². The summed E-state index contributed by atoms with van der Waals surface area (Å²) < 4.78 is 16.6. The Morgan fingerprint density at radius 2 is 1.90 bits per heavy atom. The lowest BCUT2D eigenvalue weighted by molar-refractivity contribution is 0.102. The number of aromatic nitrogens is 5. The van der Waals surface area contributed by atoms with E-state index < -0.39 is 0 Å². The minimum Gasteiger partial charge on any atom is -0.319 e. The lowest BCUT2D eigenvalue weighted by atomic mass is 10.2. The highest BCUT2D eigenvalue weighted by molar-refractivity contribution is 6.05. The molecule has 2 aromatic carbocycles. The van der Waals surface area contributed by atoms with Gasteiger partial charge in [-0.2, -0.15) is 10.2 Å². The summed E-state index contributed by atoms with van der Waals surface area (Å²) in [6.07, 6.45) is 5.61. The zero-order valence-electron chi connectivity index (χ0n) is 15.4. The Morgan fingerprint density at radius 3 is 2.69 bits per heavy atom. The normalized spacial score (nSPS) is 12.7. The maximum absolute atomic E-state index is 13.3. The van der Waals surface area contributed by atoms with Crippen LogP contribution in [0.4, 0.5) is 10.1 Å². The summed E-state index contributed by atoms with van der Waals surface area (Å²) in [7, 11) is 0. The molecule has 0 aliphatic heterocycles. The third-order valence-electron chi connectivity index (χ3n) is 5.03. The zero-order chi connectivity index (χ0) is 19.8. The molecule has 0 fully saturated rings. The van der Waals surface area contributed by atoms with E-state index >= 15 is 0 Å². The van der Waals surface area contributed by atoms with Gasteiger partial charge in [0.05, 0.1) is 17.1 Å². The molecule has 0 spiro atoms. The number of amides is 1. The highest BCUT2D eigenvalue weighted by Gasteiger charge is 2.27. The van der Waals surface area contributed by atoms with Crippen LogP contribution in [0.1, 0.15) is 28.2 Å². The van der Waals surface area contributed by atoms with E-state index in [1.807, 2.05) is 24.3 Å². The van der Waals surface area contributed by atoms with Crippen LogP contribution < -0.4 is 5.32 Å². The van der Waals surface area contributed by atoms with Crippen LogP contribution in [0.15, 0.2) is 61.2 Å². The van der Waals surface area contributed by atoms with E-state index in [0.717, 1.165) is 36.2 Å². The molecular weight excluding hydrogens is 371 g/mol. The molecule has 1 N–H and O–H groups in total. The Bertz CT molecular complexity index is 1180. The number of anilines is 1. The van der Waals surface area contributed by atoms with Crippen molar-refractivity contribution in [2.45, 2.75) is 19.3 Å². The molecule has 0 atom stereocenters. The van der Waals surface area contributed by atoms with Gasteiger partial charge in [-0.05, 0) is 55.7 Å². The first-order chi connectivity index (χ1) is 14.2. The number of benzene rings is 2. The lowest BCUT2D eigenvalue weighted by Crippen LogP contribution is -2.16. The van der Waals surface area contributed by atoms with Crippen molar-refractivity contribution in [2.75, 3.05) is 5.32 Å². The van der Waals surface area contributed by atoms with E-state index in [4.69, 9.17) is 0 Å². The second-order valence-corrected chi connectivity index (χ2v) is 6.83. The molecule has 5 rings (SSSR count). The number of carbonyl (C=O) groups is 1. The molecule has 1 aliphatic rings. The third kappa shape index (κ3) is 3.08. The minimum absolute atomic E-state index is 0.281. The molecule has 2 aromatic heterocycles. The number of nitrogens with one attached hydrogen (secondary N) is 1. The van der Waals surface area contributed by atoms with E-state index in [2.05, 4.69) is 20.5 Å². The minimum atomic E-state index is -0.305. The molecule has 0 saturated carbocycles. The Morgan fingerprint density at radius 1 is 1.07 bits per heavy atom. The topological polar surface area (TPSA) is 77.6 Å². The molecular formula is C21H17FN6O. The number of halogens is 1. The van der Waals surface area contributed by atoms with Crippen molar-refractivity contribution < 1.29 is 9.18 Å².